The molecule has 0 fully saturated rings. The van der Waals surface area contributed by atoms with E-state index in [2.05, 4.69) is 5.32 Å². The third-order valence-electron chi connectivity index (χ3n) is 1.56. The molecular weight excluding hydrogens is 178 g/mol. The zero-order valence-electron chi connectivity index (χ0n) is 6.42. The summed E-state index contributed by atoms with van der Waals surface area (Å²) >= 11 is 1.32. The average Bonchev–Trinajstić information content (AvgIpc) is 2.62. The predicted molar refractivity (Wildman–Crippen MR) is 43.8 cm³/mol. The highest BCUT2D eigenvalue weighted by Gasteiger charge is 2.23. The fraction of sp³-hybridized carbons (Fsp3) is 0.286. The van der Waals surface area contributed by atoms with Crippen molar-refractivity contribution in [3.8, 4) is 11.5 Å². The largest absolute Gasteiger partial charge is 0.453 e. The van der Waals surface area contributed by atoms with Gasteiger partial charge >= 0.3 is 0 Å². The van der Waals surface area contributed by atoms with E-state index in [1.807, 2.05) is 0 Å². The lowest BCUT2D eigenvalue weighted by Crippen LogP contribution is -2.16. The summed E-state index contributed by atoms with van der Waals surface area (Å²) in [4.78, 5) is 11.8. The Labute approximate surface area is 73.1 Å². The van der Waals surface area contributed by atoms with E-state index in [0.29, 0.717) is 16.4 Å². The molecule has 1 amide bonds. The first-order valence-corrected chi connectivity index (χ1v) is 4.30. The molecule has 0 saturated heterocycles. The highest BCUT2D eigenvalue weighted by atomic mass is 32.1. The number of nitrogens with one attached hydrogen (secondary N) is 1. The normalized spacial score (nSPS) is 13.1. The maximum Gasteiger partial charge on any atom is 0.265 e. The van der Waals surface area contributed by atoms with Gasteiger partial charge in [-0.3, -0.25) is 4.79 Å². The number of thiophene rings is 1. The first-order chi connectivity index (χ1) is 5.83. The van der Waals surface area contributed by atoms with Crippen molar-refractivity contribution in [2.45, 2.75) is 0 Å². The second-order valence-electron chi connectivity index (χ2n) is 2.24. The Morgan fingerprint density at radius 3 is 3.25 bits per heavy atom. The van der Waals surface area contributed by atoms with Crippen molar-refractivity contribution in [1.82, 2.24) is 5.32 Å². The molecule has 0 aliphatic carbocycles. The van der Waals surface area contributed by atoms with Crippen molar-refractivity contribution < 1.29 is 14.3 Å². The minimum Gasteiger partial charge on any atom is -0.453 e. The van der Waals surface area contributed by atoms with Crippen molar-refractivity contribution in [2.24, 2.45) is 0 Å². The highest BCUT2D eigenvalue weighted by Crippen LogP contribution is 2.40. The molecule has 0 spiro atoms. The minimum atomic E-state index is -0.133. The Morgan fingerprint density at radius 1 is 1.67 bits per heavy atom. The molecule has 1 aliphatic heterocycles. The number of rotatable bonds is 1. The number of hydrogen-bond donors (Lipinski definition) is 1. The van der Waals surface area contributed by atoms with E-state index in [0.717, 1.165) is 0 Å². The summed E-state index contributed by atoms with van der Waals surface area (Å²) in [6.07, 6.45) is 0. The second kappa shape index (κ2) is 2.67. The Balaban J connectivity index is 2.39. The van der Waals surface area contributed by atoms with Gasteiger partial charge in [0.15, 0.2) is 11.5 Å². The summed E-state index contributed by atoms with van der Waals surface area (Å²) in [5.41, 5.74) is 0. The number of hydrogen-bond acceptors (Lipinski definition) is 4. The SMILES string of the molecule is CNC(=O)c1scc2c1OCO2. The quantitative estimate of drug-likeness (QED) is 0.705. The van der Waals surface area contributed by atoms with Crippen molar-refractivity contribution in [1.29, 1.82) is 0 Å². The number of ether oxygens (including phenoxy) is 2. The summed E-state index contributed by atoms with van der Waals surface area (Å²) in [5.74, 6) is 1.10. The van der Waals surface area contributed by atoms with Gasteiger partial charge in [-0.25, -0.2) is 0 Å². The van der Waals surface area contributed by atoms with Crippen molar-refractivity contribution in [3.63, 3.8) is 0 Å². The highest BCUT2D eigenvalue weighted by molar-refractivity contribution is 7.12. The summed E-state index contributed by atoms with van der Waals surface area (Å²) < 4.78 is 10.2. The van der Waals surface area contributed by atoms with Crippen molar-refractivity contribution in [3.05, 3.63) is 10.3 Å². The van der Waals surface area contributed by atoms with E-state index in [9.17, 15) is 4.79 Å². The van der Waals surface area contributed by atoms with Crippen LogP contribution in [0.2, 0.25) is 0 Å². The van der Waals surface area contributed by atoms with Crippen LogP contribution in [0.25, 0.3) is 0 Å². The van der Waals surface area contributed by atoms with Crippen LogP contribution in [0.5, 0.6) is 11.5 Å². The van der Waals surface area contributed by atoms with E-state index < -0.39 is 0 Å². The van der Waals surface area contributed by atoms with Gasteiger partial charge in [0.2, 0.25) is 6.79 Å². The summed E-state index contributed by atoms with van der Waals surface area (Å²) in [5, 5.41) is 4.30. The lowest BCUT2D eigenvalue weighted by Gasteiger charge is -1.96. The number of carbonyl (C=O) groups is 1. The van der Waals surface area contributed by atoms with E-state index in [1.165, 1.54) is 11.3 Å². The third-order valence-corrected chi connectivity index (χ3v) is 2.50. The molecule has 4 nitrogen and oxygen atoms in total. The molecule has 0 unspecified atom stereocenters. The molecule has 5 heteroatoms. The number of carbonyl (C=O) groups excluding carboxylic acids is 1. The molecule has 1 aromatic heterocycles. The smallest absolute Gasteiger partial charge is 0.265 e. The first-order valence-electron chi connectivity index (χ1n) is 3.42. The molecule has 1 N–H and O–H groups in total. The zero-order valence-corrected chi connectivity index (χ0v) is 7.23. The van der Waals surface area contributed by atoms with Gasteiger partial charge in [0, 0.05) is 12.4 Å². The van der Waals surface area contributed by atoms with Crippen LogP contribution in [0.4, 0.5) is 0 Å². The van der Waals surface area contributed by atoms with Crippen LogP contribution in [-0.4, -0.2) is 19.7 Å². The molecule has 0 atom stereocenters. The standard InChI is InChI=1S/C7H7NO3S/c1-8-7(9)6-5-4(2-12-6)10-3-11-5/h2H,3H2,1H3,(H,8,9). The summed E-state index contributed by atoms with van der Waals surface area (Å²) in [7, 11) is 1.59. The summed E-state index contributed by atoms with van der Waals surface area (Å²) in [6, 6.07) is 0. The third kappa shape index (κ3) is 0.937. The van der Waals surface area contributed by atoms with Gasteiger partial charge in [-0.2, -0.15) is 0 Å². The van der Waals surface area contributed by atoms with Gasteiger partial charge in [-0.1, -0.05) is 0 Å². The fourth-order valence-corrected chi connectivity index (χ4v) is 1.87. The fourth-order valence-electron chi connectivity index (χ4n) is 0.990. The molecule has 1 aliphatic rings. The van der Waals surface area contributed by atoms with Gasteiger partial charge < -0.3 is 14.8 Å². The second-order valence-corrected chi connectivity index (χ2v) is 3.12. The molecule has 0 radical (unpaired) electrons. The van der Waals surface area contributed by atoms with Crippen molar-refractivity contribution in [2.75, 3.05) is 13.8 Å². The van der Waals surface area contributed by atoms with Crippen molar-refractivity contribution >= 4 is 17.2 Å². The summed E-state index contributed by atoms with van der Waals surface area (Å²) in [6.45, 7) is 0.211. The van der Waals surface area contributed by atoms with E-state index >= 15 is 0 Å². The van der Waals surface area contributed by atoms with Crippen LogP contribution in [0.3, 0.4) is 0 Å². The molecule has 1 aromatic rings. The molecular formula is C7H7NO3S. The maximum absolute atomic E-state index is 11.2. The minimum absolute atomic E-state index is 0.133. The molecule has 0 saturated carbocycles. The Kier molecular flexibility index (Phi) is 1.65. The lowest BCUT2D eigenvalue weighted by atomic mass is 10.4. The molecule has 12 heavy (non-hydrogen) atoms. The average molecular weight is 185 g/mol. The topological polar surface area (TPSA) is 47.6 Å². The number of fused-ring (bicyclic) bond motifs is 1. The van der Waals surface area contributed by atoms with Crippen LogP contribution < -0.4 is 14.8 Å². The van der Waals surface area contributed by atoms with Crippen LogP contribution >= 0.6 is 11.3 Å². The maximum atomic E-state index is 11.2. The predicted octanol–water partition coefficient (Wildman–Crippen LogP) is 0.836. The van der Waals surface area contributed by atoms with E-state index in [4.69, 9.17) is 9.47 Å². The van der Waals surface area contributed by atoms with Gasteiger partial charge in [0.25, 0.3) is 5.91 Å². The Bertz CT molecular complexity index is 320. The first kappa shape index (κ1) is 7.42. The molecule has 2 heterocycles. The Morgan fingerprint density at radius 2 is 2.50 bits per heavy atom. The van der Waals surface area contributed by atoms with Gasteiger partial charge in [-0.15, -0.1) is 11.3 Å². The van der Waals surface area contributed by atoms with Crippen LogP contribution in [0, 0.1) is 0 Å². The van der Waals surface area contributed by atoms with E-state index in [-0.39, 0.29) is 12.7 Å². The van der Waals surface area contributed by atoms with E-state index in [1.54, 1.807) is 12.4 Å². The van der Waals surface area contributed by atoms with Gasteiger partial charge in [0.05, 0.1) is 0 Å². The zero-order chi connectivity index (χ0) is 8.55. The molecule has 64 valence electrons. The number of amides is 1. The monoisotopic (exact) mass is 185 g/mol. The van der Waals surface area contributed by atoms with Gasteiger partial charge in [0.1, 0.15) is 4.88 Å². The molecule has 2 rings (SSSR count). The lowest BCUT2D eigenvalue weighted by molar-refractivity contribution is 0.0962. The van der Waals surface area contributed by atoms with Gasteiger partial charge in [-0.05, 0) is 0 Å². The molecule has 0 aromatic carbocycles. The van der Waals surface area contributed by atoms with Crippen LogP contribution in [-0.2, 0) is 0 Å². The van der Waals surface area contributed by atoms with Crippen LogP contribution in [0.1, 0.15) is 9.67 Å². The van der Waals surface area contributed by atoms with Crippen LogP contribution in [0.15, 0.2) is 5.38 Å². The molecule has 0 bridgehead atoms. The Hall–Kier alpha value is -1.23.